The van der Waals surface area contributed by atoms with Gasteiger partial charge < -0.3 is 5.11 Å². The van der Waals surface area contributed by atoms with Crippen LogP contribution < -0.4 is 0 Å². The first-order valence-electron chi connectivity index (χ1n) is 3.22. The van der Waals surface area contributed by atoms with Crippen LogP contribution in [0.2, 0.25) is 0 Å². The summed E-state index contributed by atoms with van der Waals surface area (Å²) in [5.74, 6) is 0.245. The summed E-state index contributed by atoms with van der Waals surface area (Å²) in [6.07, 6.45) is 1.75. The van der Waals surface area contributed by atoms with Crippen LogP contribution in [0.5, 0.6) is 0 Å². The smallest absolute Gasteiger partial charge is 0.316 e. The minimum Gasteiger partial charge on any atom is -0.480 e. The van der Waals surface area contributed by atoms with Crippen molar-refractivity contribution in [3.05, 3.63) is 0 Å². The largest absolute Gasteiger partial charge is 0.480 e. The summed E-state index contributed by atoms with van der Waals surface area (Å²) in [6, 6.07) is 0. The lowest BCUT2D eigenvalue weighted by molar-refractivity contribution is -0.136. The summed E-state index contributed by atoms with van der Waals surface area (Å²) in [5.41, 5.74) is 0. The van der Waals surface area contributed by atoms with Crippen molar-refractivity contribution in [1.82, 2.24) is 0 Å². The summed E-state index contributed by atoms with van der Waals surface area (Å²) in [6.45, 7) is 0. The van der Waals surface area contributed by atoms with Crippen LogP contribution >= 0.6 is 24.4 Å². The van der Waals surface area contributed by atoms with E-state index in [1.165, 1.54) is 11.8 Å². The standard InChI is InChI=1S/C6H10O2S2/c7-6(8)5-3-4(9)1-2-10-5/h4-5,9H,1-3H2,(H,7,8). The molecule has 58 valence electrons. The summed E-state index contributed by atoms with van der Waals surface area (Å²) in [7, 11) is 0. The van der Waals surface area contributed by atoms with Crippen LogP contribution in [-0.4, -0.2) is 27.3 Å². The topological polar surface area (TPSA) is 37.3 Å². The number of hydrogen-bond acceptors (Lipinski definition) is 3. The normalized spacial score (nSPS) is 33.7. The average Bonchev–Trinajstić information content (AvgIpc) is 1.88. The van der Waals surface area contributed by atoms with Gasteiger partial charge in [-0.15, -0.1) is 11.8 Å². The van der Waals surface area contributed by atoms with Crippen LogP contribution in [0.1, 0.15) is 12.8 Å². The van der Waals surface area contributed by atoms with Crippen LogP contribution in [0.25, 0.3) is 0 Å². The van der Waals surface area contributed by atoms with E-state index in [2.05, 4.69) is 12.6 Å². The molecule has 1 heterocycles. The molecule has 0 saturated carbocycles. The molecule has 1 fully saturated rings. The van der Waals surface area contributed by atoms with Gasteiger partial charge >= 0.3 is 5.97 Å². The molecule has 4 heteroatoms. The third-order valence-corrected chi connectivity index (χ3v) is 3.27. The molecule has 0 radical (unpaired) electrons. The Bertz CT molecular complexity index is 138. The zero-order chi connectivity index (χ0) is 7.56. The molecule has 2 unspecified atom stereocenters. The van der Waals surface area contributed by atoms with Crippen molar-refractivity contribution in [2.24, 2.45) is 0 Å². The van der Waals surface area contributed by atoms with Gasteiger partial charge in [-0.3, -0.25) is 4.79 Å². The van der Waals surface area contributed by atoms with Crippen LogP contribution in [0.4, 0.5) is 0 Å². The lowest BCUT2D eigenvalue weighted by Gasteiger charge is -2.21. The quantitative estimate of drug-likeness (QED) is 0.594. The maximum Gasteiger partial charge on any atom is 0.316 e. The van der Waals surface area contributed by atoms with E-state index in [0.717, 1.165) is 12.2 Å². The van der Waals surface area contributed by atoms with Gasteiger partial charge in [0.25, 0.3) is 0 Å². The first kappa shape index (κ1) is 8.27. The van der Waals surface area contributed by atoms with E-state index in [-0.39, 0.29) is 5.25 Å². The fourth-order valence-corrected chi connectivity index (χ4v) is 2.82. The number of carboxylic acid groups (broad SMARTS) is 1. The van der Waals surface area contributed by atoms with Gasteiger partial charge in [0.15, 0.2) is 0 Å². The Morgan fingerprint density at radius 3 is 2.80 bits per heavy atom. The van der Waals surface area contributed by atoms with E-state index in [1.807, 2.05) is 0 Å². The summed E-state index contributed by atoms with van der Waals surface area (Å²) >= 11 is 5.77. The molecule has 2 nitrogen and oxygen atoms in total. The van der Waals surface area contributed by atoms with E-state index in [1.54, 1.807) is 0 Å². The van der Waals surface area contributed by atoms with Crippen LogP contribution in [0.3, 0.4) is 0 Å². The first-order valence-corrected chi connectivity index (χ1v) is 4.79. The fourth-order valence-electron chi connectivity index (χ4n) is 0.951. The Kier molecular flexibility index (Phi) is 2.92. The van der Waals surface area contributed by atoms with Gasteiger partial charge in [0.1, 0.15) is 5.25 Å². The zero-order valence-electron chi connectivity index (χ0n) is 5.49. The lowest BCUT2D eigenvalue weighted by Crippen LogP contribution is -2.25. The maximum atomic E-state index is 10.4. The van der Waals surface area contributed by atoms with Gasteiger partial charge in [0.05, 0.1) is 0 Å². The van der Waals surface area contributed by atoms with Crippen molar-refractivity contribution < 1.29 is 9.90 Å². The first-order chi connectivity index (χ1) is 4.70. The van der Waals surface area contributed by atoms with Crippen molar-refractivity contribution in [2.45, 2.75) is 23.3 Å². The molecule has 2 atom stereocenters. The van der Waals surface area contributed by atoms with Gasteiger partial charge in [-0.1, -0.05) is 0 Å². The highest BCUT2D eigenvalue weighted by Crippen LogP contribution is 2.28. The van der Waals surface area contributed by atoms with Gasteiger partial charge in [-0.25, -0.2) is 0 Å². The second-order valence-electron chi connectivity index (χ2n) is 2.38. The summed E-state index contributed by atoms with van der Waals surface area (Å²) in [5, 5.41) is 8.68. The minimum absolute atomic E-state index is 0.212. The third-order valence-electron chi connectivity index (χ3n) is 1.53. The Labute approximate surface area is 69.8 Å². The van der Waals surface area contributed by atoms with Crippen molar-refractivity contribution in [1.29, 1.82) is 0 Å². The van der Waals surface area contributed by atoms with Crippen LogP contribution in [0, 0.1) is 0 Å². The van der Waals surface area contributed by atoms with Gasteiger partial charge in [0, 0.05) is 5.25 Å². The van der Waals surface area contributed by atoms with E-state index in [9.17, 15) is 4.79 Å². The molecule has 0 aromatic heterocycles. The highest BCUT2D eigenvalue weighted by Gasteiger charge is 2.25. The van der Waals surface area contributed by atoms with Crippen LogP contribution in [0.15, 0.2) is 0 Å². The maximum absolute atomic E-state index is 10.4. The van der Waals surface area contributed by atoms with Crippen molar-refractivity contribution in [2.75, 3.05) is 5.75 Å². The molecule has 1 aliphatic rings. The van der Waals surface area contributed by atoms with Crippen molar-refractivity contribution >= 4 is 30.4 Å². The van der Waals surface area contributed by atoms with E-state index in [0.29, 0.717) is 11.7 Å². The molecule has 0 aromatic rings. The molecular formula is C6H10O2S2. The minimum atomic E-state index is -0.691. The van der Waals surface area contributed by atoms with E-state index < -0.39 is 5.97 Å². The molecule has 0 aromatic carbocycles. The second kappa shape index (κ2) is 3.53. The monoisotopic (exact) mass is 178 g/mol. The highest BCUT2D eigenvalue weighted by atomic mass is 32.2. The SMILES string of the molecule is O=C(O)C1CC(S)CCS1. The molecule has 0 amide bonds. The average molecular weight is 178 g/mol. The third kappa shape index (κ3) is 2.09. The number of hydrogen-bond donors (Lipinski definition) is 2. The molecule has 0 spiro atoms. The van der Waals surface area contributed by atoms with Gasteiger partial charge in [0.2, 0.25) is 0 Å². The van der Waals surface area contributed by atoms with Crippen molar-refractivity contribution in [3.63, 3.8) is 0 Å². The van der Waals surface area contributed by atoms with Gasteiger partial charge in [-0.05, 0) is 18.6 Å². The fraction of sp³-hybridized carbons (Fsp3) is 0.833. The number of carboxylic acids is 1. The molecule has 1 rings (SSSR count). The number of aliphatic carboxylic acids is 1. The van der Waals surface area contributed by atoms with Gasteiger partial charge in [-0.2, -0.15) is 12.6 Å². The lowest BCUT2D eigenvalue weighted by atomic mass is 10.2. The molecular weight excluding hydrogens is 168 g/mol. The number of carbonyl (C=O) groups is 1. The molecule has 0 aliphatic carbocycles. The molecule has 1 aliphatic heterocycles. The Morgan fingerprint density at radius 1 is 1.70 bits per heavy atom. The zero-order valence-corrected chi connectivity index (χ0v) is 7.20. The summed E-state index contributed by atoms with van der Waals surface area (Å²) in [4.78, 5) is 10.4. The molecule has 1 N–H and O–H groups in total. The molecule has 10 heavy (non-hydrogen) atoms. The molecule has 0 bridgehead atoms. The van der Waals surface area contributed by atoms with E-state index in [4.69, 9.17) is 5.11 Å². The predicted molar refractivity (Wildman–Crippen MR) is 45.9 cm³/mol. The molecule has 1 saturated heterocycles. The Morgan fingerprint density at radius 2 is 2.40 bits per heavy atom. The highest BCUT2D eigenvalue weighted by molar-refractivity contribution is 8.00. The second-order valence-corrected chi connectivity index (χ2v) is 4.42. The van der Waals surface area contributed by atoms with E-state index >= 15 is 0 Å². The number of thiol groups is 1. The Balaban J connectivity index is 2.39. The van der Waals surface area contributed by atoms with Crippen molar-refractivity contribution in [3.8, 4) is 0 Å². The Hall–Kier alpha value is 0.170. The number of rotatable bonds is 1. The number of thioether (sulfide) groups is 1. The van der Waals surface area contributed by atoms with Crippen LogP contribution in [-0.2, 0) is 4.79 Å². The summed E-state index contributed by atoms with van der Waals surface area (Å²) < 4.78 is 0. The predicted octanol–water partition coefficient (Wildman–Crippen LogP) is 1.26.